The number of amides is 1. The first-order valence-electron chi connectivity index (χ1n) is 8.02. The SMILES string of the molecule is Cc1ccc(-c2nnc(SCC(=O)Nc3ccc(C)c(Cl)c3)o2)cc1C. The Kier molecular flexibility index (Phi) is 5.64. The first kappa shape index (κ1) is 18.5. The number of thioether (sulfide) groups is 1. The second-order valence-electron chi connectivity index (χ2n) is 5.97. The van der Waals surface area contributed by atoms with Crippen molar-refractivity contribution in [2.45, 2.75) is 26.0 Å². The number of hydrogen-bond donors (Lipinski definition) is 1. The monoisotopic (exact) mass is 387 g/mol. The maximum atomic E-state index is 12.1. The van der Waals surface area contributed by atoms with Crippen molar-refractivity contribution in [1.29, 1.82) is 0 Å². The standard InChI is InChI=1S/C19H18ClN3O2S/c1-11-4-6-14(8-13(11)3)18-22-23-19(25-18)26-10-17(24)21-15-7-5-12(2)16(20)9-15/h4-9H,10H2,1-3H3,(H,21,24). The Labute approximate surface area is 161 Å². The molecule has 0 aliphatic rings. The summed E-state index contributed by atoms with van der Waals surface area (Å²) < 4.78 is 5.64. The van der Waals surface area contributed by atoms with Gasteiger partial charge < -0.3 is 9.73 Å². The van der Waals surface area contributed by atoms with Gasteiger partial charge in [0.15, 0.2) is 0 Å². The Bertz CT molecular complexity index is 956. The van der Waals surface area contributed by atoms with Gasteiger partial charge in [-0.15, -0.1) is 10.2 Å². The van der Waals surface area contributed by atoms with Crippen LogP contribution >= 0.6 is 23.4 Å². The molecule has 0 bridgehead atoms. The van der Waals surface area contributed by atoms with E-state index in [4.69, 9.17) is 16.0 Å². The minimum atomic E-state index is -0.166. The van der Waals surface area contributed by atoms with Gasteiger partial charge in [0.1, 0.15) is 0 Å². The van der Waals surface area contributed by atoms with E-state index < -0.39 is 0 Å². The van der Waals surface area contributed by atoms with Crippen LogP contribution in [0.15, 0.2) is 46.0 Å². The second-order valence-corrected chi connectivity index (χ2v) is 7.31. The molecule has 0 aliphatic heterocycles. The highest BCUT2D eigenvalue weighted by Crippen LogP contribution is 2.25. The Morgan fingerprint density at radius 3 is 2.58 bits per heavy atom. The maximum absolute atomic E-state index is 12.1. The quantitative estimate of drug-likeness (QED) is 0.620. The van der Waals surface area contributed by atoms with E-state index in [2.05, 4.69) is 15.5 Å². The molecule has 26 heavy (non-hydrogen) atoms. The largest absolute Gasteiger partial charge is 0.411 e. The third-order valence-corrected chi connectivity index (χ3v) is 5.17. The van der Waals surface area contributed by atoms with Crippen LogP contribution < -0.4 is 5.32 Å². The van der Waals surface area contributed by atoms with Gasteiger partial charge in [-0.25, -0.2) is 0 Å². The lowest BCUT2D eigenvalue weighted by molar-refractivity contribution is -0.113. The van der Waals surface area contributed by atoms with Gasteiger partial charge in [0.05, 0.1) is 5.75 Å². The molecule has 3 rings (SSSR count). The van der Waals surface area contributed by atoms with Gasteiger partial charge in [0.25, 0.3) is 5.22 Å². The summed E-state index contributed by atoms with van der Waals surface area (Å²) in [5, 5.41) is 11.8. The lowest BCUT2D eigenvalue weighted by atomic mass is 10.1. The van der Waals surface area contributed by atoms with Gasteiger partial charge in [0, 0.05) is 16.3 Å². The van der Waals surface area contributed by atoms with E-state index in [1.165, 1.54) is 17.3 Å². The van der Waals surface area contributed by atoms with Crippen LogP contribution in [-0.4, -0.2) is 21.9 Å². The Morgan fingerprint density at radius 1 is 1.08 bits per heavy atom. The first-order chi connectivity index (χ1) is 12.4. The highest BCUT2D eigenvalue weighted by atomic mass is 35.5. The summed E-state index contributed by atoms with van der Waals surface area (Å²) in [6.07, 6.45) is 0. The van der Waals surface area contributed by atoms with Crippen molar-refractivity contribution in [1.82, 2.24) is 10.2 Å². The third kappa shape index (κ3) is 4.45. The molecule has 7 heteroatoms. The summed E-state index contributed by atoms with van der Waals surface area (Å²) in [6.45, 7) is 5.99. The zero-order chi connectivity index (χ0) is 18.7. The van der Waals surface area contributed by atoms with Crippen molar-refractivity contribution in [3.8, 4) is 11.5 Å². The fourth-order valence-corrected chi connectivity index (χ4v) is 3.00. The molecule has 1 aromatic heterocycles. The minimum absolute atomic E-state index is 0.166. The van der Waals surface area contributed by atoms with Gasteiger partial charge >= 0.3 is 0 Å². The van der Waals surface area contributed by atoms with Crippen molar-refractivity contribution < 1.29 is 9.21 Å². The van der Waals surface area contributed by atoms with Crippen LogP contribution in [0.5, 0.6) is 0 Å². The maximum Gasteiger partial charge on any atom is 0.277 e. The van der Waals surface area contributed by atoms with Gasteiger partial charge in [-0.05, 0) is 61.7 Å². The summed E-state index contributed by atoms with van der Waals surface area (Å²) in [7, 11) is 0. The smallest absolute Gasteiger partial charge is 0.277 e. The number of anilines is 1. The highest BCUT2D eigenvalue weighted by molar-refractivity contribution is 7.99. The molecule has 0 radical (unpaired) electrons. The second kappa shape index (κ2) is 7.93. The van der Waals surface area contributed by atoms with Crippen LogP contribution in [0.3, 0.4) is 0 Å². The summed E-state index contributed by atoms with van der Waals surface area (Å²) in [4.78, 5) is 12.1. The van der Waals surface area contributed by atoms with Crippen LogP contribution in [0.4, 0.5) is 5.69 Å². The molecule has 0 fully saturated rings. The summed E-state index contributed by atoms with van der Waals surface area (Å²) in [6, 6.07) is 11.4. The molecule has 0 atom stereocenters. The van der Waals surface area contributed by atoms with E-state index in [9.17, 15) is 4.79 Å². The molecule has 3 aromatic rings. The molecule has 0 saturated heterocycles. The zero-order valence-electron chi connectivity index (χ0n) is 14.7. The van der Waals surface area contributed by atoms with Crippen molar-refractivity contribution in [3.63, 3.8) is 0 Å². The van der Waals surface area contributed by atoms with E-state index in [1.807, 2.05) is 51.1 Å². The lowest BCUT2D eigenvalue weighted by Crippen LogP contribution is -2.14. The fraction of sp³-hybridized carbons (Fsp3) is 0.211. The van der Waals surface area contributed by atoms with Gasteiger partial charge in [-0.2, -0.15) is 0 Å². The number of nitrogens with zero attached hydrogens (tertiary/aromatic N) is 2. The number of halogens is 1. The number of aryl methyl sites for hydroxylation is 3. The van der Waals surface area contributed by atoms with Gasteiger partial charge in [-0.1, -0.05) is 35.5 Å². The van der Waals surface area contributed by atoms with Crippen molar-refractivity contribution in [2.75, 3.05) is 11.1 Å². The van der Waals surface area contributed by atoms with Crippen molar-refractivity contribution in [2.24, 2.45) is 0 Å². The van der Waals surface area contributed by atoms with E-state index in [-0.39, 0.29) is 11.7 Å². The van der Waals surface area contributed by atoms with E-state index in [1.54, 1.807) is 6.07 Å². The fourth-order valence-electron chi connectivity index (χ4n) is 2.25. The zero-order valence-corrected chi connectivity index (χ0v) is 16.2. The number of hydrogen-bond acceptors (Lipinski definition) is 5. The number of rotatable bonds is 5. The molecule has 5 nitrogen and oxygen atoms in total. The molecule has 0 spiro atoms. The van der Waals surface area contributed by atoms with Crippen molar-refractivity contribution >= 4 is 35.0 Å². The molecule has 1 N–H and O–H groups in total. The molecule has 1 amide bonds. The molecule has 134 valence electrons. The van der Waals surface area contributed by atoms with Crippen LogP contribution in [0.25, 0.3) is 11.5 Å². The molecule has 0 aliphatic carbocycles. The number of aromatic nitrogens is 2. The van der Waals surface area contributed by atoms with Crippen LogP contribution in [-0.2, 0) is 4.79 Å². The van der Waals surface area contributed by atoms with Crippen LogP contribution in [0.1, 0.15) is 16.7 Å². The summed E-state index contributed by atoms with van der Waals surface area (Å²) in [5.74, 6) is 0.447. The van der Waals surface area contributed by atoms with Gasteiger partial charge in [0.2, 0.25) is 11.8 Å². The molecule has 1 heterocycles. The number of nitrogens with one attached hydrogen (secondary N) is 1. The van der Waals surface area contributed by atoms with E-state index in [0.29, 0.717) is 21.8 Å². The highest BCUT2D eigenvalue weighted by Gasteiger charge is 2.12. The molecule has 2 aromatic carbocycles. The Balaban J connectivity index is 1.59. The molecular formula is C19H18ClN3O2S. The van der Waals surface area contributed by atoms with Crippen LogP contribution in [0.2, 0.25) is 5.02 Å². The molecule has 0 unspecified atom stereocenters. The summed E-state index contributed by atoms with van der Waals surface area (Å²) in [5.41, 5.74) is 4.85. The lowest BCUT2D eigenvalue weighted by Gasteiger charge is -2.05. The number of carbonyl (C=O) groups excluding carboxylic acids is 1. The van der Waals surface area contributed by atoms with Crippen molar-refractivity contribution in [3.05, 3.63) is 58.1 Å². The molecular weight excluding hydrogens is 370 g/mol. The Morgan fingerprint density at radius 2 is 1.85 bits per heavy atom. The van der Waals surface area contributed by atoms with Crippen LogP contribution in [0, 0.1) is 20.8 Å². The first-order valence-corrected chi connectivity index (χ1v) is 9.38. The van der Waals surface area contributed by atoms with E-state index >= 15 is 0 Å². The minimum Gasteiger partial charge on any atom is -0.411 e. The number of benzene rings is 2. The predicted octanol–water partition coefficient (Wildman–Crippen LogP) is 5.05. The average molecular weight is 388 g/mol. The Hall–Kier alpha value is -2.31. The molecule has 0 saturated carbocycles. The normalized spacial score (nSPS) is 10.8. The number of carbonyl (C=O) groups is 1. The van der Waals surface area contributed by atoms with Gasteiger partial charge in [-0.3, -0.25) is 4.79 Å². The third-order valence-electron chi connectivity index (χ3n) is 3.94. The predicted molar refractivity (Wildman–Crippen MR) is 105 cm³/mol. The topological polar surface area (TPSA) is 68.0 Å². The average Bonchev–Trinajstić information content (AvgIpc) is 3.08. The summed E-state index contributed by atoms with van der Waals surface area (Å²) >= 11 is 7.25. The van der Waals surface area contributed by atoms with E-state index in [0.717, 1.165) is 16.7 Å².